The van der Waals surface area contributed by atoms with Crippen LogP contribution in [0.2, 0.25) is 0 Å². The number of nitrogens with one attached hydrogen (secondary N) is 1. The minimum absolute atomic E-state index is 0.317. The van der Waals surface area contributed by atoms with Crippen LogP contribution in [0, 0.1) is 5.53 Å². The predicted molar refractivity (Wildman–Crippen MR) is 67.5 cm³/mol. The smallest absolute Gasteiger partial charge is 0.174 e. The summed E-state index contributed by atoms with van der Waals surface area (Å²) >= 11 is 0. The van der Waals surface area contributed by atoms with Crippen molar-refractivity contribution in [3.8, 4) is 5.75 Å². The second-order valence-electron chi connectivity index (χ2n) is 3.73. The fraction of sp³-hybridized carbons (Fsp3) is 0.417. The fourth-order valence-electron chi connectivity index (χ4n) is 1.70. The Kier molecular flexibility index (Phi) is 5.13. The molecule has 1 rings (SSSR count). The first-order valence-corrected chi connectivity index (χ1v) is 5.55. The molecule has 5 heteroatoms. The van der Waals surface area contributed by atoms with E-state index in [9.17, 15) is 0 Å². The first-order chi connectivity index (χ1) is 8.24. The van der Waals surface area contributed by atoms with Crippen molar-refractivity contribution in [2.45, 2.75) is 26.2 Å². The third kappa shape index (κ3) is 3.55. The summed E-state index contributed by atoms with van der Waals surface area (Å²) in [5.74, 6) is 6.34. The minimum Gasteiger partial charge on any atom is -0.496 e. The van der Waals surface area contributed by atoms with Gasteiger partial charge in [0.15, 0.2) is 5.84 Å². The molecule has 0 aliphatic carbocycles. The van der Waals surface area contributed by atoms with Gasteiger partial charge in [0.2, 0.25) is 0 Å². The lowest BCUT2D eigenvalue weighted by Gasteiger charge is -2.09. The van der Waals surface area contributed by atoms with Gasteiger partial charge in [-0.1, -0.05) is 25.5 Å². The summed E-state index contributed by atoms with van der Waals surface area (Å²) in [6.07, 6.45) is 2.49. The summed E-state index contributed by atoms with van der Waals surface area (Å²) in [5.41, 5.74) is 9.11. The molecule has 0 amide bonds. The number of nitrogens with two attached hydrogens (primary N) is 1. The van der Waals surface area contributed by atoms with Gasteiger partial charge in [-0.2, -0.15) is 5.10 Å². The molecule has 0 saturated heterocycles. The zero-order valence-electron chi connectivity index (χ0n) is 10.2. The molecule has 0 bridgehead atoms. The van der Waals surface area contributed by atoms with Crippen molar-refractivity contribution >= 4 is 5.84 Å². The highest BCUT2D eigenvalue weighted by Crippen LogP contribution is 2.21. The van der Waals surface area contributed by atoms with E-state index in [0.717, 1.165) is 29.7 Å². The molecule has 5 nitrogen and oxygen atoms in total. The van der Waals surface area contributed by atoms with E-state index in [2.05, 4.69) is 23.2 Å². The van der Waals surface area contributed by atoms with Crippen LogP contribution in [0.25, 0.3) is 0 Å². The normalized spacial score (nSPS) is 11.3. The molecule has 1 aromatic rings. The number of hydrogen-bond donors (Lipinski definition) is 2. The Morgan fingerprint density at radius 3 is 2.76 bits per heavy atom. The summed E-state index contributed by atoms with van der Waals surface area (Å²) in [4.78, 5) is 0. The van der Waals surface area contributed by atoms with Gasteiger partial charge in [0.05, 0.1) is 7.11 Å². The van der Waals surface area contributed by atoms with Crippen molar-refractivity contribution in [1.29, 1.82) is 5.53 Å². The molecule has 1 aromatic carbocycles. The summed E-state index contributed by atoms with van der Waals surface area (Å²) in [6.45, 7) is 2.12. The molecule has 0 aliphatic rings. The number of nitrogens with zero attached hydrogens (tertiary/aromatic N) is 2. The first-order valence-electron chi connectivity index (χ1n) is 5.55. The van der Waals surface area contributed by atoms with Gasteiger partial charge >= 0.3 is 0 Å². The van der Waals surface area contributed by atoms with E-state index in [1.807, 2.05) is 12.1 Å². The number of aryl methyl sites for hydroxylation is 1. The Hall–Kier alpha value is -1.91. The fourth-order valence-corrected chi connectivity index (χ4v) is 1.70. The quantitative estimate of drug-likeness (QED) is 0.270. The van der Waals surface area contributed by atoms with E-state index in [-0.39, 0.29) is 0 Å². The van der Waals surface area contributed by atoms with Gasteiger partial charge in [0.1, 0.15) is 5.75 Å². The molecule has 0 unspecified atom stereocenters. The lowest BCUT2D eigenvalue weighted by atomic mass is 10.0. The average Bonchev–Trinajstić information content (AvgIpc) is 2.36. The highest BCUT2D eigenvalue weighted by Gasteiger charge is 2.06. The van der Waals surface area contributed by atoms with Crippen LogP contribution < -0.4 is 10.6 Å². The summed E-state index contributed by atoms with van der Waals surface area (Å²) in [5, 5.41) is 6.72. The molecule has 0 aromatic heterocycles. The van der Waals surface area contributed by atoms with Crippen molar-refractivity contribution in [2.75, 3.05) is 7.11 Å². The monoisotopic (exact) mass is 234 g/mol. The molecule has 3 N–H and O–H groups in total. The van der Waals surface area contributed by atoms with Crippen LogP contribution in [-0.4, -0.2) is 12.9 Å². The Morgan fingerprint density at radius 2 is 2.24 bits per heavy atom. The predicted octanol–water partition coefficient (Wildman–Crippen LogP) is 2.49. The molecule has 0 spiro atoms. The van der Waals surface area contributed by atoms with Crippen LogP contribution in [0.4, 0.5) is 0 Å². The van der Waals surface area contributed by atoms with Crippen LogP contribution in [0.3, 0.4) is 0 Å². The Labute approximate surface area is 101 Å². The largest absolute Gasteiger partial charge is 0.496 e. The number of amidine groups is 1. The molecule has 0 radical (unpaired) electrons. The van der Waals surface area contributed by atoms with Crippen LogP contribution in [0.1, 0.15) is 24.5 Å². The van der Waals surface area contributed by atoms with Crippen LogP contribution in [0.5, 0.6) is 5.75 Å². The lowest BCUT2D eigenvalue weighted by Crippen LogP contribution is -2.03. The Morgan fingerprint density at radius 1 is 1.47 bits per heavy atom. The van der Waals surface area contributed by atoms with E-state index in [4.69, 9.17) is 16.1 Å². The molecule has 0 saturated carbocycles. The topological polar surface area (TPSA) is 83.8 Å². The molecule has 0 fully saturated rings. The van der Waals surface area contributed by atoms with Gasteiger partial charge in [-0.3, -0.25) is 0 Å². The van der Waals surface area contributed by atoms with Gasteiger partial charge in [-0.15, -0.1) is 5.11 Å². The second kappa shape index (κ2) is 6.62. The third-order valence-electron chi connectivity index (χ3n) is 2.50. The molecule has 17 heavy (non-hydrogen) atoms. The number of hydrogen-bond acceptors (Lipinski definition) is 4. The molecular formula is C12H18N4O. The first kappa shape index (κ1) is 13.2. The van der Waals surface area contributed by atoms with Gasteiger partial charge in [-0.25, -0.2) is 5.53 Å². The van der Waals surface area contributed by atoms with Gasteiger partial charge < -0.3 is 10.6 Å². The molecule has 92 valence electrons. The summed E-state index contributed by atoms with van der Waals surface area (Å²) in [7, 11) is 1.67. The highest BCUT2D eigenvalue weighted by molar-refractivity contribution is 5.84. The minimum atomic E-state index is 0.317. The van der Waals surface area contributed by atoms with Crippen molar-refractivity contribution in [1.82, 2.24) is 0 Å². The van der Waals surface area contributed by atoms with Crippen molar-refractivity contribution in [3.63, 3.8) is 0 Å². The zero-order valence-corrected chi connectivity index (χ0v) is 10.2. The van der Waals surface area contributed by atoms with Crippen molar-refractivity contribution in [3.05, 3.63) is 29.3 Å². The van der Waals surface area contributed by atoms with E-state index in [0.29, 0.717) is 12.3 Å². The van der Waals surface area contributed by atoms with Crippen molar-refractivity contribution in [2.24, 2.45) is 16.1 Å². The maximum atomic E-state index is 6.91. The summed E-state index contributed by atoms with van der Waals surface area (Å²) in [6, 6.07) is 5.92. The standard InChI is InChI=1S/C12H18N4O/c1-3-4-10-7-9(5-6-11(10)17-2)8-12(15-13)16-14/h5-7,13H,3-4,8,14H2,1-2H3/b15-13?,16-12-. The second-order valence-corrected chi connectivity index (χ2v) is 3.73. The number of benzene rings is 1. The molecule has 0 atom stereocenters. The number of methoxy groups -OCH3 is 1. The van der Waals surface area contributed by atoms with Crippen molar-refractivity contribution < 1.29 is 4.74 Å². The lowest BCUT2D eigenvalue weighted by molar-refractivity contribution is 0.409. The van der Waals surface area contributed by atoms with E-state index in [1.54, 1.807) is 7.11 Å². The van der Waals surface area contributed by atoms with Gasteiger partial charge in [0.25, 0.3) is 0 Å². The summed E-state index contributed by atoms with van der Waals surface area (Å²) < 4.78 is 5.30. The van der Waals surface area contributed by atoms with Gasteiger partial charge in [-0.05, 0) is 23.6 Å². The van der Waals surface area contributed by atoms with E-state index < -0.39 is 0 Å². The van der Waals surface area contributed by atoms with E-state index >= 15 is 0 Å². The Bertz CT molecular complexity index is 415. The van der Waals surface area contributed by atoms with Crippen LogP contribution in [0.15, 0.2) is 28.4 Å². The number of ether oxygens (including phenoxy) is 1. The van der Waals surface area contributed by atoms with Crippen LogP contribution in [-0.2, 0) is 12.8 Å². The number of rotatable bonds is 5. The molecule has 0 aliphatic heterocycles. The Balaban J connectivity index is 2.95. The molecular weight excluding hydrogens is 216 g/mol. The SMILES string of the molecule is CCCc1cc(C/C(N=N)=N/N)ccc1OC. The average molecular weight is 234 g/mol. The maximum absolute atomic E-state index is 6.91. The third-order valence-corrected chi connectivity index (χ3v) is 2.50. The maximum Gasteiger partial charge on any atom is 0.174 e. The van der Waals surface area contributed by atoms with Crippen LogP contribution >= 0.6 is 0 Å². The highest BCUT2D eigenvalue weighted by atomic mass is 16.5. The number of hydrazone groups is 1. The van der Waals surface area contributed by atoms with E-state index in [1.165, 1.54) is 0 Å². The molecule has 0 heterocycles. The van der Waals surface area contributed by atoms with Gasteiger partial charge in [0, 0.05) is 6.42 Å². The zero-order chi connectivity index (χ0) is 12.7.